The summed E-state index contributed by atoms with van der Waals surface area (Å²) in [7, 11) is 0. The van der Waals surface area contributed by atoms with E-state index in [1.807, 2.05) is 18.2 Å². The quantitative estimate of drug-likeness (QED) is 0.193. The van der Waals surface area contributed by atoms with Gasteiger partial charge in [-0.05, 0) is 50.3 Å². The first kappa shape index (κ1) is 27.9. The van der Waals surface area contributed by atoms with E-state index in [9.17, 15) is 9.90 Å². The smallest absolute Gasteiger partial charge is 0.336 e. The van der Waals surface area contributed by atoms with Crippen molar-refractivity contribution in [3.63, 3.8) is 0 Å². The normalized spacial score (nSPS) is 15.5. The Bertz CT molecular complexity index is 1550. The van der Waals surface area contributed by atoms with E-state index in [-0.39, 0.29) is 5.56 Å². The molecule has 2 fully saturated rings. The molecule has 0 atom stereocenters. The molecule has 4 heterocycles. The van der Waals surface area contributed by atoms with Crippen LogP contribution in [0.15, 0.2) is 41.2 Å². The average Bonchev–Trinajstić information content (AvgIpc) is 3.74. The van der Waals surface area contributed by atoms with E-state index < -0.39 is 5.97 Å². The van der Waals surface area contributed by atoms with E-state index >= 15 is 0 Å². The molecule has 6 rings (SSSR count). The van der Waals surface area contributed by atoms with Gasteiger partial charge in [0, 0.05) is 60.2 Å². The fourth-order valence-electron chi connectivity index (χ4n) is 5.27. The van der Waals surface area contributed by atoms with Crippen LogP contribution in [-0.4, -0.2) is 59.1 Å². The Morgan fingerprint density at radius 2 is 1.85 bits per heavy atom. The van der Waals surface area contributed by atoms with Crippen molar-refractivity contribution in [3.05, 3.63) is 69.3 Å². The van der Waals surface area contributed by atoms with Crippen molar-refractivity contribution in [1.29, 1.82) is 0 Å². The lowest BCUT2D eigenvalue weighted by Gasteiger charge is -2.29. The molecule has 1 N–H and O–H groups in total. The maximum Gasteiger partial charge on any atom is 0.336 e. The number of halogens is 2. The second-order valence-electron chi connectivity index (χ2n) is 10.4. The number of anilines is 1. The standard InChI is InChI=1S/C30H30Cl2N4O5/c31-23-15-33-16-24(32)26(23)28-22(29(41-35-28)18-4-5-18)17-40-12-2-1-3-19-6-7-20-21(30(37)38)8-9-25(27(20)34-19)36-10-13-39-14-11-36/h6-9,15-16,18H,1-5,10-14,17H2,(H,37,38). The van der Waals surface area contributed by atoms with Gasteiger partial charge in [-0.1, -0.05) is 34.4 Å². The Kier molecular flexibility index (Phi) is 8.39. The molecule has 0 unspecified atom stereocenters. The van der Waals surface area contributed by atoms with Gasteiger partial charge in [-0.3, -0.25) is 9.97 Å². The second kappa shape index (κ2) is 12.3. The summed E-state index contributed by atoms with van der Waals surface area (Å²) >= 11 is 12.8. The van der Waals surface area contributed by atoms with Gasteiger partial charge in [-0.25, -0.2) is 4.79 Å². The van der Waals surface area contributed by atoms with Gasteiger partial charge in [0.15, 0.2) is 0 Å². The summed E-state index contributed by atoms with van der Waals surface area (Å²) in [5, 5.41) is 15.5. The van der Waals surface area contributed by atoms with E-state index in [1.54, 1.807) is 18.5 Å². The number of fused-ring (bicyclic) bond motifs is 1. The van der Waals surface area contributed by atoms with Crippen LogP contribution in [0, 0.1) is 0 Å². The minimum absolute atomic E-state index is 0.262. The molecule has 11 heteroatoms. The van der Waals surface area contributed by atoms with Crippen molar-refractivity contribution in [2.24, 2.45) is 0 Å². The van der Waals surface area contributed by atoms with Crippen LogP contribution in [0.3, 0.4) is 0 Å². The van der Waals surface area contributed by atoms with Crippen molar-refractivity contribution < 1.29 is 23.9 Å². The Balaban J connectivity index is 1.10. The van der Waals surface area contributed by atoms with Crippen LogP contribution >= 0.6 is 23.2 Å². The molecule has 214 valence electrons. The van der Waals surface area contributed by atoms with Gasteiger partial charge in [-0.15, -0.1) is 0 Å². The Labute approximate surface area is 247 Å². The van der Waals surface area contributed by atoms with E-state index in [4.69, 9.17) is 42.2 Å². The minimum Gasteiger partial charge on any atom is -0.478 e. The zero-order chi connectivity index (χ0) is 28.3. The number of carbonyl (C=O) groups is 1. The van der Waals surface area contributed by atoms with Crippen LogP contribution in [0.1, 0.15) is 59.0 Å². The maximum atomic E-state index is 11.8. The first-order valence-electron chi connectivity index (χ1n) is 13.9. The van der Waals surface area contributed by atoms with E-state index in [1.165, 1.54) is 0 Å². The number of nitrogens with zero attached hydrogens (tertiary/aromatic N) is 4. The molecular formula is C30H30Cl2N4O5. The number of unbranched alkanes of at least 4 members (excludes halogenated alkanes) is 1. The molecule has 9 nitrogen and oxygen atoms in total. The largest absolute Gasteiger partial charge is 0.478 e. The Hall–Kier alpha value is -3.24. The van der Waals surface area contributed by atoms with Crippen molar-refractivity contribution >= 4 is 45.8 Å². The van der Waals surface area contributed by atoms with Crippen LogP contribution in [0.25, 0.3) is 22.2 Å². The molecule has 4 aromatic rings. The Morgan fingerprint density at radius 1 is 1.07 bits per heavy atom. The molecule has 1 aromatic carbocycles. The fraction of sp³-hybridized carbons (Fsp3) is 0.400. The predicted octanol–water partition coefficient (Wildman–Crippen LogP) is 6.54. The van der Waals surface area contributed by atoms with Crippen molar-refractivity contribution in [2.75, 3.05) is 37.8 Å². The van der Waals surface area contributed by atoms with Gasteiger partial charge in [0.05, 0.1) is 46.6 Å². The predicted molar refractivity (Wildman–Crippen MR) is 156 cm³/mol. The van der Waals surface area contributed by atoms with Gasteiger partial charge >= 0.3 is 5.97 Å². The monoisotopic (exact) mass is 596 g/mol. The van der Waals surface area contributed by atoms with Crippen LogP contribution in [0.2, 0.25) is 10.0 Å². The maximum absolute atomic E-state index is 11.8. The molecule has 41 heavy (non-hydrogen) atoms. The van der Waals surface area contributed by atoms with Gasteiger partial charge in [0.1, 0.15) is 11.5 Å². The molecule has 0 radical (unpaired) electrons. The molecule has 1 saturated carbocycles. The topological polar surface area (TPSA) is 111 Å². The highest BCUT2D eigenvalue weighted by molar-refractivity contribution is 6.38. The van der Waals surface area contributed by atoms with Gasteiger partial charge < -0.3 is 24.0 Å². The van der Waals surface area contributed by atoms with Gasteiger partial charge in [0.25, 0.3) is 0 Å². The molecule has 0 spiro atoms. The molecule has 1 aliphatic heterocycles. The molecule has 3 aromatic heterocycles. The van der Waals surface area contributed by atoms with E-state index in [2.05, 4.69) is 15.0 Å². The summed E-state index contributed by atoms with van der Waals surface area (Å²) in [5.41, 5.74) is 4.98. The van der Waals surface area contributed by atoms with Gasteiger partial charge in [0.2, 0.25) is 0 Å². The number of aromatic carboxylic acids is 1. The van der Waals surface area contributed by atoms with Crippen LogP contribution < -0.4 is 4.90 Å². The van der Waals surface area contributed by atoms with Crippen molar-refractivity contribution in [1.82, 2.24) is 15.1 Å². The summed E-state index contributed by atoms with van der Waals surface area (Å²) in [6.45, 7) is 3.70. The van der Waals surface area contributed by atoms with Gasteiger partial charge in [-0.2, -0.15) is 0 Å². The van der Waals surface area contributed by atoms with Crippen molar-refractivity contribution in [3.8, 4) is 11.3 Å². The molecule has 0 amide bonds. The number of carboxylic acids is 1. The number of carboxylic acid groups (broad SMARTS) is 1. The zero-order valence-electron chi connectivity index (χ0n) is 22.4. The minimum atomic E-state index is -0.954. The fourth-order valence-corrected chi connectivity index (χ4v) is 5.82. The third-order valence-electron chi connectivity index (χ3n) is 7.55. The highest BCUT2D eigenvalue weighted by atomic mass is 35.5. The molecule has 2 aliphatic rings. The summed E-state index contributed by atoms with van der Waals surface area (Å²) in [5.74, 6) is 0.253. The molecule has 0 bridgehead atoms. The number of hydrogen-bond acceptors (Lipinski definition) is 8. The third kappa shape index (κ3) is 6.04. The lowest BCUT2D eigenvalue weighted by Crippen LogP contribution is -2.36. The highest BCUT2D eigenvalue weighted by Crippen LogP contribution is 2.46. The van der Waals surface area contributed by atoms with Crippen molar-refractivity contribution in [2.45, 2.75) is 44.6 Å². The number of morpholine rings is 1. The van der Waals surface area contributed by atoms with Crippen LogP contribution in [0.5, 0.6) is 0 Å². The second-order valence-corrected chi connectivity index (χ2v) is 11.2. The van der Waals surface area contributed by atoms with Crippen LogP contribution in [-0.2, 0) is 22.5 Å². The SMILES string of the molecule is O=C(O)c1ccc(N2CCOCC2)c2nc(CCCCOCc3c(-c4c(Cl)cncc4Cl)noc3C3CC3)ccc12. The molecule has 1 aliphatic carbocycles. The number of pyridine rings is 2. The van der Waals surface area contributed by atoms with E-state index in [0.717, 1.165) is 73.4 Å². The number of aryl methyl sites for hydroxylation is 1. The molecule has 1 saturated heterocycles. The first-order chi connectivity index (χ1) is 20.0. The summed E-state index contributed by atoms with van der Waals surface area (Å²) in [6, 6.07) is 7.33. The number of ether oxygens (including phenoxy) is 2. The average molecular weight is 597 g/mol. The van der Waals surface area contributed by atoms with Crippen LogP contribution in [0.4, 0.5) is 5.69 Å². The zero-order valence-corrected chi connectivity index (χ0v) is 24.0. The third-order valence-corrected chi connectivity index (χ3v) is 8.12. The lowest BCUT2D eigenvalue weighted by molar-refractivity contribution is 0.0699. The first-order valence-corrected chi connectivity index (χ1v) is 14.6. The highest BCUT2D eigenvalue weighted by Gasteiger charge is 2.33. The van der Waals surface area contributed by atoms with E-state index in [0.29, 0.717) is 59.0 Å². The lowest BCUT2D eigenvalue weighted by atomic mass is 10.0. The number of hydrogen-bond donors (Lipinski definition) is 1. The number of aromatic nitrogens is 3. The molecular weight excluding hydrogens is 567 g/mol. The summed E-state index contributed by atoms with van der Waals surface area (Å²) < 4.78 is 17.3. The summed E-state index contributed by atoms with van der Waals surface area (Å²) in [4.78, 5) is 23.0. The summed E-state index contributed by atoms with van der Waals surface area (Å²) in [6.07, 6.45) is 7.70. The number of benzene rings is 1. The Morgan fingerprint density at radius 3 is 2.59 bits per heavy atom. The number of rotatable bonds is 11.